The van der Waals surface area contributed by atoms with Gasteiger partial charge in [-0.3, -0.25) is 0 Å². The van der Waals surface area contributed by atoms with Crippen LogP contribution in [0.4, 0.5) is 0 Å². The molecule has 2 aromatic rings. The van der Waals surface area contributed by atoms with E-state index in [1.54, 1.807) is 30.3 Å². The molecule has 2 aromatic carbocycles. The first-order valence-electron chi connectivity index (χ1n) is 5.79. The highest BCUT2D eigenvalue weighted by Gasteiger charge is 2.02. The van der Waals surface area contributed by atoms with Crippen molar-refractivity contribution in [3.63, 3.8) is 0 Å². The van der Waals surface area contributed by atoms with Crippen LogP contribution in [0, 0.1) is 11.3 Å². The van der Waals surface area contributed by atoms with Gasteiger partial charge in [-0.25, -0.2) is 0 Å². The van der Waals surface area contributed by atoms with Gasteiger partial charge in [0, 0.05) is 5.56 Å². The van der Waals surface area contributed by atoms with Crippen molar-refractivity contribution in [1.29, 1.82) is 5.26 Å². The maximum Gasteiger partial charge on any atom is 0.142 e. The summed E-state index contributed by atoms with van der Waals surface area (Å²) in [4.78, 5) is 5.18. The van der Waals surface area contributed by atoms with Gasteiger partial charge in [-0.1, -0.05) is 46.6 Å². The van der Waals surface area contributed by atoms with Crippen LogP contribution in [0.15, 0.2) is 47.6 Å². The highest BCUT2D eigenvalue weighted by molar-refractivity contribution is 6.38. The van der Waals surface area contributed by atoms with Crippen LogP contribution < -0.4 is 0 Å². The molecule has 0 aliphatic carbocycles. The molecule has 0 atom stereocenters. The van der Waals surface area contributed by atoms with Crippen molar-refractivity contribution in [2.75, 3.05) is 0 Å². The van der Waals surface area contributed by atoms with Crippen LogP contribution in [0.5, 0.6) is 0 Å². The Labute approximate surface area is 127 Å². The largest absolute Gasteiger partial charge is 0.391 e. The van der Waals surface area contributed by atoms with E-state index < -0.39 is 0 Å². The fourth-order valence-electron chi connectivity index (χ4n) is 1.51. The first-order valence-corrected chi connectivity index (χ1v) is 6.54. The van der Waals surface area contributed by atoms with Gasteiger partial charge in [0.15, 0.2) is 0 Å². The molecule has 0 heterocycles. The highest BCUT2D eigenvalue weighted by atomic mass is 35.5. The molecule has 0 N–H and O–H groups in total. The Balaban J connectivity index is 1.95. The fraction of sp³-hybridized carbons (Fsp3) is 0.0667. The molecule has 0 aliphatic heterocycles. The smallest absolute Gasteiger partial charge is 0.142 e. The Bertz CT molecular complexity index is 640. The number of hydrogen-bond donors (Lipinski definition) is 0. The molecule has 3 nitrogen and oxygen atoms in total. The van der Waals surface area contributed by atoms with Gasteiger partial charge in [-0.2, -0.15) is 5.26 Å². The van der Waals surface area contributed by atoms with Crippen LogP contribution in [0.2, 0.25) is 10.0 Å². The number of nitriles is 1. The van der Waals surface area contributed by atoms with Gasteiger partial charge in [-0.15, -0.1) is 0 Å². The first-order chi connectivity index (χ1) is 9.70. The Hall–Kier alpha value is -2.02. The van der Waals surface area contributed by atoms with Gasteiger partial charge in [-0.05, 0) is 29.8 Å². The van der Waals surface area contributed by atoms with Crippen molar-refractivity contribution in [1.82, 2.24) is 0 Å². The topological polar surface area (TPSA) is 45.4 Å². The monoisotopic (exact) mass is 304 g/mol. The van der Waals surface area contributed by atoms with Crippen LogP contribution >= 0.6 is 23.2 Å². The standard InChI is InChI=1S/C15H10Cl2N2O/c16-14-2-1-3-15(17)13(14)9-19-20-10-12-6-4-11(8-18)5-7-12/h1-7,9H,10H2/b19-9-. The zero-order valence-corrected chi connectivity index (χ0v) is 11.9. The third kappa shape index (κ3) is 3.74. The molecule has 20 heavy (non-hydrogen) atoms. The van der Waals surface area contributed by atoms with Crippen LogP contribution in [0.3, 0.4) is 0 Å². The molecule has 0 fully saturated rings. The van der Waals surface area contributed by atoms with Gasteiger partial charge >= 0.3 is 0 Å². The van der Waals surface area contributed by atoms with E-state index in [0.29, 0.717) is 27.8 Å². The molecule has 100 valence electrons. The number of oxime groups is 1. The minimum atomic E-state index is 0.310. The maximum atomic E-state index is 8.69. The summed E-state index contributed by atoms with van der Waals surface area (Å²) in [7, 11) is 0. The van der Waals surface area contributed by atoms with E-state index in [1.165, 1.54) is 6.21 Å². The molecule has 5 heteroatoms. The maximum absolute atomic E-state index is 8.69. The second-order valence-electron chi connectivity index (χ2n) is 3.95. The van der Waals surface area contributed by atoms with Gasteiger partial charge in [0.2, 0.25) is 0 Å². The summed E-state index contributed by atoms with van der Waals surface area (Å²) in [5, 5.41) is 13.6. The van der Waals surface area contributed by atoms with Gasteiger partial charge in [0.25, 0.3) is 0 Å². The minimum absolute atomic E-state index is 0.310. The van der Waals surface area contributed by atoms with Crippen LogP contribution in [-0.2, 0) is 11.4 Å². The number of halogens is 2. The normalized spacial score (nSPS) is 10.4. The molecule has 0 spiro atoms. The Morgan fingerprint density at radius 3 is 2.35 bits per heavy atom. The van der Waals surface area contributed by atoms with Gasteiger partial charge < -0.3 is 4.84 Å². The zero-order valence-electron chi connectivity index (χ0n) is 10.4. The van der Waals surface area contributed by atoms with E-state index in [4.69, 9.17) is 33.3 Å². The summed E-state index contributed by atoms with van der Waals surface area (Å²) in [6.45, 7) is 0.310. The molecular formula is C15H10Cl2N2O. The quantitative estimate of drug-likeness (QED) is 0.620. The van der Waals surface area contributed by atoms with Crippen LogP contribution in [0.1, 0.15) is 16.7 Å². The molecule has 0 bridgehead atoms. The highest BCUT2D eigenvalue weighted by Crippen LogP contribution is 2.22. The Morgan fingerprint density at radius 1 is 1.10 bits per heavy atom. The predicted octanol–water partition coefficient (Wildman–Crippen LogP) is 4.42. The van der Waals surface area contributed by atoms with E-state index in [1.807, 2.05) is 12.1 Å². The number of hydrogen-bond acceptors (Lipinski definition) is 3. The van der Waals surface area contributed by atoms with E-state index in [0.717, 1.165) is 5.56 Å². The molecule has 2 rings (SSSR count). The molecule has 0 unspecified atom stereocenters. The lowest BCUT2D eigenvalue weighted by Crippen LogP contribution is -1.90. The van der Waals surface area contributed by atoms with Crippen molar-refractivity contribution in [3.05, 3.63) is 69.2 Å². The summed E-state index contributed by atoms with van der Waals surface area (Å²) in [6.07, 6.45) is 1.48. The number of benzene rings is 2. The SMILES string of the molecule is N#Cc1ccc(CO/N=C\c2c(Cl)cccc2Cl)cc1. The van der Waals surface area contributed by atoms with Gasteiger partial charge in [0.1, 0.15) is 6.61 Å². The lowest BCUT2D eigenvalue weighted by atomic mass is 10.2. The summed E-state index contributed by atoms with van der Waals surface area (Å²) in [5.74, 6) is 0. The van der Waals surface area contributed by atoms with E-state index >= 15 is 0 Å². The molecule has 0 saturated carbocycles. The van der Waals surface area contributed by atoms with Crippen LogP contribution in [0.25, 0.3) is 0 Å². The van der Waals surface area contributed by atoms with Crippen LogP contribution in [-0.4, -0.2) is 6.21 Å². The number of rotatable bonds is 4. The van der Waals surface area contributed by atoms with E-state index in [9.17, 15) is 0 Å². The molecule has 0 amide bonds. The Kier molecular flexibility index (Phi) is 5.00. The summed E-state index contributed by atoms with van der Waals surface area (Å²) in [6, 6.07) is 14.4. The summed E-state index contributed by atoms with van der Waals surface area (Å²) in [5.41, 5.74) is 2.15. The average Bonchev–Trinajstić information content (AvgIpc) is 2.46. The second kappa shape index (κ2) is 6.95. The van der Waals surface area contributed by atoms with E-state index in [2.05, 4.69) is 11.2 Å². The predicted molar refractivity (Wildman–Crippen MR) is 80.0 cm³/mol. The number of nitrogens with zero attached hydrogens (tertiary/aromatic N) is 2. The lowest BCUT2D eigenvalue weighted by molar-refractivity contribution is 0.132. The van der Waals surface area contributed by atoms with Crippen molar-refractivity contribution >= 4 is 29.4 Å². The molecule has 0 radical (unpaired) electrons. The van der Waals surface area contributed by atoms with Crippen molar-refractivity contribution in [2.24, 2.45) is 5.16 Å². The van der Waals surface area contributed by atoms with Crippen molar-refractivity contribution < 1.29 is 4.84 Å². The molecule has 0 saturated heterocycles. The Morgan fingerprint density at radius 2 is 1.75 bits per heavy atom. The molecule has 0 aliphatic rings. The lowest BCUT2D eigenvalue weighted by Gasteiger charge is -2.01. The van der Waals surface area contributed by atoms with Crippen molar-refractivity contribution in [2.45, 2.75) is 6.61 Å². The summed E-state index contributed by atoms with van der Waals surface area (Å²) < 4.78 is 0. The second-order valence-corrected chi connectivity index (χ2v) is 4.77. The zero-order chi connectivity index (χ0) is 14.4. The van der Waals surface area contributed by atoms with Gasteiger partial charge in [0.05, 0.1) is 27.9 Å². The molecule has 0 aromatic heterocycles. The third-order valence-electron chi connectivity index (χ3n) is 2.57. The van der Waals surface area contributed by atoms with Crippen molar-refractivity contribution in [3.8, 4) is 6.07 Å². The third-order valence-corrected chi connectivity index (χ3v) is 3.23. The molecular weight excluding hydrogens is 295 g/mol. The summed E-state index contributed by atoms with van der Waals surface area (Å²) >= 11 is 12.0. The fourth-order valence-corrected chi connectivity index (χ4v) is 2.01. The van der Waals surface area contributed by atoms with E-state index in [-0.39, 0.29) is 0 Å². The first kappa shape index (κ1) is 14.4. The average molecular weight is 305 g/mol. The minimum Gasteiger partial charge on any atom is -0.391 e.